The summed E-state index contributed by atoms with van der Waals surface area (Å²) < 4.78 is 26.3. The third-order valence-corrected chi connectivity index (χ3v) is 3.19. The van der Waals surface area contributed by atoms with Gasteiger partial charge >= 0.3 is 0 Å². The number of aromatic amines is 1. The molecule has 20 heavy (non-hydrogen) atoms. The van der Waals surface area contributed by atoms with E-state index in [9.17, 15) is 8.78 Å². The molecule has 1 unspecified atom stereocenters. The highest BCUT2D eigenvalue weighted by Crippen LogP contribution is 2.20. The van der Waals surface area contributed by atoms with Crippen LogP contribution in [0, 0.1) is 11.6 Å². The molecule has 0 saturated heterocycles. The van der Waals surface area contributed by atoms with Crippen molar-refractivity contribution >= 4 is 11.0 Å². The van der Waals surface area contributed by atoms with Gasteiger partial charge in [0.15, 0.2) is 11.6 Å². The second kappa shape index (κ2) is 5.02. The number of halogens is 2. The molecule has 3 N–H and O–H groups in total. The molecule has 1 heterocycles. The first-order valence-corrected chi connectivity index (χ1v) is 6.27. The summed E-state index contributed by atoms with van der Waals surface area (Å²) >= 11 is 0. The van der Waals surface area contributed by atoms with E-state index in [4.69, 9.17) is 5.73 Å². The van der Waals surface area contributed by atoms with E-state index < -0.39 is 11.6 Å². The SMILES string of the molecule is NC(Cc1ccccc1)c1nc2cc(F)c(F)cc2[nH]1. The van der Waals surface area contributed by atoms with Crippen LogP contribution in [-0.4, -0.2) is 9.97 Å². The third-order valence-electron chi connectivity index (χ3n) is 3.19. The van der Waals surface area contributed by atoms with Gasteiger partial charge in [-0.05, 0) is 12.0 Å². The zero-order valence-electron chi connectivity index (χ0n) is 10.6. The summed E-state index contributed by atoms with van der Waals surface area (Å²) in [4.78, 5) is 7.16. The Morgan fingerprint density at radius 3 is 2.55 bits per heavy atom. The molecule has 3 rings (SSSR count). The highest BCUT2D eigenvalue weighted by Gasteiger charge is 2.14. The van der Waals surface area contributed by atoms with Crippen molar-refractivity contribution in [3.8, 4) is 0 Å². The van der Waals surface area contributed by atoms with Crippen molar-refractivity contribution in [2.24, 2.45) is 5.73 Å². The van der Waals surface area contributed by atoms with Crippen LogP contribution in [-0.2, 0) is 6.42 Å². The van der Waals surface area contributed by atoms with Gasteiger partial charge in [0.2, 0.25) is 0 Å². The average molecular weight is 273 g/mol. The lowest BCUT2D eigenvalue weighted by atomic mass is 10.1. The van der Waals surface area contributed by atoms with Gasteiger partial charge < -0.3 is 10.7 Å². The van der Waals surface area contributed by atoms with Crippen molar-refractivity contribution in [3.63, 3.8) is 0 Å². The smallest absolute Gasteiger partial charge is 0.161 e. The number of fused-ring (bicyclic) bond motifs is 1. The summed E-state index contributed by atoms with van der Waals surface area (Å²) in [6.45, 7) is 0. The van der Waals surface area contributed by atoms with E-state index in [1.165, 1.54) is 0 Å². The Labute approximate surface area is 114 Å². The Kier molecular flexibility index (Phi) is 3.20. The molecule has 2 aromatic carbocycles. The van der Waals surface area contributed by atoms with Crippen LogP contribution in [0.4, 0.5) is 8.78 Å². The molecule has 0 aliphatic rings. The Hall–Kier alpha value is -2.27. The van der Waals surface area contributed by atoms with Gasteiger partial charge in [0.1, 0.15) is 5.82 Å². The summed E-state index contributed by atoms with van der Waals surface area (Å²) in [6.07, 6.45) is 0.603. The zero-order chi connectivity index (χ0) is 14.1. The van der Waals surface area contributed by atoms with Gasteiger partial charge in [-0.2, -0.15) is 0 Å². The van der Waals surface area contributed by atoms with Crippen LogP contribution in [0.15, 0.2) is 42.5 Å². The van der Waals surface area contributed by atoms with Crippen molar-refractivity contribution in [2.75, 3.05) is 0 Å². The molecule has 0 saturated carbocycles. The van der Waals surface area contributed by atoms with Gasteiger partial charge in [0.25, 0.3) is 0 Å². The van der Waals surface area contributed by atoms with Gasteiger partial charge in [0, 0.05) is 12.1 Å². The minimum atomic E-state index is -0.910. The van der Waals surface area contributed by atoms with E-state index >= 15 is 0 Å². The highest BCUT2D eigenvalue weighted by atomic mass is 19.2. The predicted octanol–water partition coefficient (Wildman–Crippen LogP) is 3.08. The zero-order valence-corrected chi connectivity index (χ0v) is 10.6. The fourth-order valence-corrected chi connectivity index (χ4v) is 2.16. The summed E-state index contributed by atoms with van der Waals surface area (Å²) in [5.41, 5.74) is 7.99. The Balaban J connectivity index is 1.90. The molecular weight excluding hydrogens is 260 g/mol. The minimum absolute atomic E-state index is 0.351. The van der Waals surface area contributed by atoms with Crippen LogP contribution in [0.1, 0.15) is 17.4 Å². The fraction of sp³-hybridized carbons (Fsp3) is 0.133. The molecule has 1 atom stereocenters. The topological polar surface area (TPSA) is 54.7 Å². The van der Waals surface area contributed by atoms with E-state index in [1.54, 1.807) is 0 Å². The standard InChI is InChI=1S/C15H13F2N3/c16-10-7-13-14(8-11(10)17)20-15(19-13)12(18)6-9-4-2-1-3-5-9/h1-5,7-8,12H,6,18H2,(H,19,20). The number of hydrogen-bond acceptors (Lipinski definition) is 2. The second-order valence-electron chi connectivity index (χ2n) is 4.70. The van der Waals surface area contributed by atoms with Crippen LogP contribution >= 0.6 is 0 Å². The maximum Gasteiger partial charge on any atom is 0.161 e. The average Bonchev–Trinajstić information content (AvgIpc) is 2.83. The number of nitrogens with zero attached hydrogens (tertiary/aromatic N) is 1. The summed E-state index contributed by atoms with van der Waals surface area (Å²) in [7, 11) is 0. The van der Waals surface area contributed by atoms with Crippen molar-refractivity contribution < 1.29 is 8.78 Å². The highest BCUT2D eigenvalue weighted by molar-refractivity contribution is 5.75. The van der Waals surface area contributed by atoms with Crippen molar-refractivity contribution in [3.05, 3.63) is 65.5 Å². The van der Waals surface area contributed by atoms with Crippen molar-refractivity contribution in [2.45, 2.75) is 12.5 Å². The first kappa shape index (κ1) is 12.7. The second-order valence-corrected chi connectivity index (χ2v) is 4.70. The Morgan fingerprint density at radius 1 is 1.10 bits per heavy atom. The molecule has 0 spiro atoms. The predicted molar refractivity (Wildman–Crippen MR) is 73.1 cm³/mol. The summed E-state index contributed by atoms with van der Waals surface area (Å²) in [5, 5.41) is 0. The van der Waals surface area contributed by atoms with Crippen LogP contribution < -0.4 is 5.73 Å². The number of benzene rings is 2. The van der Waals surface area contributed by atoms with Crippen LogP contribution in [0.3, 0.4) is 0 Å². The molecule has 0 bridgehead atoms. The molecule has 0 aliphatic heterocycles. The normalized spacial score (nSPS) is 12.8. The maximum atomic E-state index is 13.2. The first-order valence-electron chi connectivity index (χ1n) is 6.27. The molecule has 0 aliphatic carbocycles. The first-order chi connectivity index (χ1) is 9.63. The number of imidazole rings is 1. The van der Waals surface area contributed by atoms with Crippen LogP contribution in [0.5, 0.6) is 0 Å². The molecule has 102 valence electrons. The molecule has 0 fully saturated rings. The number of rotatable bonds is 3. The van der Waals surface area contributed by atoms with E-state index in [1.807, 2.05) is 30.3 Å². The largest absolute Gasteiger partial charge is 0.341 e. The number of aromatic nitrogens is 2. The Morgan fingerprint density at radius 2 is 1.80 bits per heavy atom. The lowest BCUT2D eigenvalue weighted by Gasteiger charge is -2.08. The van der Waals surface area contributed by atoms with Crippen LogP contribution in [0.2, 0.25) is 0 Å². The molecule has 5 heteroatoms. The van der Waals surface area contributed by atoms with Crippen molar-refractivity contribution in [1.29, 1.82) is 0 Å². The summed E-state index contributed by atoms with van der Waals surface area (Å²) in [6, 6.07) is 11.6. The molecule has 1 aromatic heterocycles. The number of nitrogens with one attached hydrogen (secondary N) is 1. The van der Waals surface area contributed by atoms with Crippen molar-refractivity contribution in [1.82, 2.24) is 9.97 Å². The number of nitrogens with two attached hydrogens (primary N) is 1. The maximum absolute atomic E-state index is 13.2. The van der Waals surface area contributed by atoms with Gasteiger partial charge in [-0.25, -0.2) is 13.8 Å². The number of hydrogen-bond donors (Lipinski definition) is 2. The molecular formula is C15H13F2N3. The molecule has 0 amide bonds. The molecule has 3 aromatic rings. The van der Waals surface area contributed by atoms with Gasteiger partial charge in [-0.15, -0.1) is 0 Å². The third kappa shape index (κ3) is 2.40. The summed E-state index contributed by atoms with van der Waals surface area (Å²) in [5.74, 6) is -1.29. The number of H-pyrrole nitrogens is 1. The van der Waals surface area contributed by atoms with Gasteiger partial charge in [-0.3, -0.25) is 0 Å². The minimum Gasteiger partial charge on any atom is -0.341 e. The van der Waals surface area contributed by atoms with E-state index in [2.05, 4.69) is 9.97 Å². The monoisotopic (exact) mass is 273 g/mol. The molecule has 3 nitrogen and oxygen atoms in total. The van der Waals surface area contributed by atoms with E-state index in [0.717, 1.165) is 17.7 Å². The van der Waals surface area contributed by atoms with E-state index in [-0.39, 0.29) is 6.04 Å². The van der Waals surface area contributed by atoms with Gasteiger partial charge in [0.05, 0.1) is 17.1 Å². The van der Waals surface area contributed by atoms with Gasteiger partial charge in [-0.1, -0.05) is 30.3 Å². The lowest BCUT2D eigenvalue weighted by Crippen LogP contribution is -2.14. The molecule has 0 radical (unpaired) electrons. The lowest BCUT2D eigenvalue weighted by molar-refractivity contribution is 0.510. The quantitative estimate of drug-likeness (QED) is 0.770. The van der Waals surface area contributed by atoms with Crippen LogP contribution in [0.25, 0.3) is 11.0 Å². The Bertz CT molecular complexity index is 698. The fourth-order valence-electron chi connectivity index (χ4n) is 2.16. The van der Waals surface area contributed by atoms with E-state index in [0.29, 0.717) is 23.3 Å².